The minimum absolute atomic E-state index is 0.0622. The van der Waals surface area contributed by atoms with E-state index in [4.69, 9.17) is 5.73 Å². The number of carbonyl (C=O) groups is 2. The monoisotopic (exact) mass is 240 g/mol. The molecule has 5 heteroatoms. The van der Waals surface area contributed by atoms with Gasteiger partial charge in [0.1, 0.15) is 0 Å². The molecule has 1 aliphatic heterocycles. The number of carboxylic acid groups (broad SMARTS) is 1. The van der Waals surface area contributed by atoms with Crippen LogP contribution in [0.4, 0.5) is 0 Å². The zero-order valence-corrected chi connectivity index (χ0v) is 10.2. The Morgan fingerprint density at radius 2 is 2.00 bits per heavy atom. The Morgan fingerprint density at radius 1 is 1.35 bits per heavy atom. The number of piperidine rings is 1. The molecule has 0 aromatic heterocycles. The van der Waals surface area contributed by atoms with Crippen molar-refractivity contribution in [2.24, 2.45) is 16.6 Å². The maximum Gasteiger partial charge on any atom is 0.311 e. The number of likely N-dealkylation sites (tertiary alicyclic amines) is 1. The quantitative estimate of drug-likeness (QED) is 0.749. The van der Waals surface area contributed by atoms with E-state index >= 15 is 0 Å². The predicted octanol–water partition coefficient (Wildman–Crippen LogP) is 0.439. The molecule has 1 unspecified atom stereocenters. The lowest BCUT2D eigenvalue weighted by atomic mass is 9.81. The minimum Gasteiger partial charge on any atom is -0.481 e. The van der Waals surface area contributed by atoms with Crippen molar-refractivity contribution in [2.75, 3.05) is 19.6 Å². The molecule has 3 N–H and O–H groups in total. The van der Waals surface area contributed by atoms with Gasteiger partial charge >= 0.3 is 5.97 Å². The van der Waals surface area contributed by atoms with Crippen molar-refractivity contribution in [3.05, 3.63) is 0 Å². The van der Waals surface area contributed by atoms with Crippen LogP contribution in [-0.4, -0.2) is 41.5 Å². The van der Waals surface area contributed by atoms with Gasteiger partial charge < -0.3 is 15.7 Å². The maximum absolute atomic E-state index is 12.3. The summed E-state index contributed by atoms with van der Waals surface area (Å²) in [4.78, 5) is 25.2. The van der Waals surface area contributed by atoms with Gasteiger partial charge in [-0.25, -0.2) is 0 Å². The average molecular weight is 240 g/mol. The molecule has 0 aromatic carbocycles. The molecular formula is C12H20N2O3. The van der Waals surface area contributed by atoms with Gasteiger partial charge in [-0.2, -0.15) is 0 Å². The fraction of sp³-hybridized carbons (Fsp3) is 0.833. The summed E-state index contributed by atoms with van der Waals surface area (Å²) in [5.41, 5.74) is 4.48. The molecule has 1 atom stereocenters. The first-order chi connectivity index (χ1) is 7.93. The molecule has 1 saturated carbocycles. The van der Waals surface area contributed by atoms with E-state index in [-0.39, 0.29) is 11.3 Å². The van der Waals surface area contributed by atoms with E-state index in [0.717, 1.165) is 19.3 Å². The van der Waals surface area contributed by atoms with Crippen LogP contribution in [-0.2, 0) is 9.59 Å². The molecule has 96 valence electrons. The zero-order valence-electron chi connectivity index (χ0n) is 10.2. The van der Waals surface area contributed by atoms with Gasteiger partial charge in [-0.05, 0) is 32.6 Å². The van der Waals surface area contributed by atoms with E-state index in [1.165, 1.54) is 0 Å². The van der Waals surface area contributed by atoms with Crippen LogP contribution in [0, 0.1) is 10.8 Å². The molecule has 1 saturated heterocycles. The van der Waals surface area contributed by atoms with Crippen molar-refractivity contribution in [2.45, 2.75) is 32.6 Å². The highest BCUT2D eigenvalue weighted by Crippen LogP contribution is 2.47. The summed E-state index contributed by atoms with van der Waals surface area (Å²) in [5.74, 6) is -0.750. The number of carboxylic acids is 1. The molecule has 1 amide bonds. The van der Waals surface area contributed by atoms with Gasteiger partial charge in [0.2, 0.25) is 5.91 Å². The normalized spacial score (nSPS) is 31.1. The highest BCUT2D eigenvalue weighted by Gasteiger charge is 2.52. The van der Waals surface area contributed by atoms with Gasteiger partial charge in [0.25, 0.3) is 0 Å². The summed E-state index contributed by atoms with van der Waals surface area (Å²) in [6.45, 7) is 3.09. The van der Waals surface area contributed by atoms with Crippen LogP contribution in [0.3, 0.4) is 0 Å². The molecule has 5 nitrogen and oxygen atoms in total. The minimum atomic E-state index is -0.812. The summed E-state index contributed by atoms with van der Waals surface area (Å²) in [6.07, 6.45) is 3.10. The Labute approximate surface area is 101 Å². The van der Waals surface area contributed by atoms with Crippen molar-refractivity contribution < 1.29 is 14.7 Å². The number of carbonyl (C=O) groups excluding carboxylic acids is 1. The van der Waals surface area contributed by atoms with E-state index in [0.29, 0.717) is 26.1 Å². The molecule has 0 bridgehead atoms. The summed E-state index contributed by atoms with van der Waals surface area (Å²) in [6, 6.07) is 0. The highest BCUT2D eigenvalue weighted by molar-refractivity contribution is 5.86. The molecule has 1 aliphatic carbocycles. The Balaban J connectivity index is 2.08. The van der Waals surface area contributed by atoms with E-state index in [1.54, 1.807) is 11.8 Å². The molecule has 17 heavy (non-hydrogen) atoms. The largest absolute Gasteiger partial charge is 0.481 e. The predicted molar refractivity (Wildman–Crippen MR) is 62.3 cm³/mol. The Morgan fingerprint density at radius 3 is 2.47 bits per heavy atom. The first kappa shape index (κ1) is 12.4. The average Bonchev–Trinajstić information content (AvgIpc) is 3.09. The first-order valence-corrected chi connectivity index (χ1v) is 6.16. The van der Waals surface area contributed by atoms with E-state index < -0.39 is 11.4 Å². The topological polar surface area (TPSA) is 83.6 Å². The van der Waals surface area contributed by atoms with Crippen LogP contribution in [0.1, 0.15) is 32.6 Å². The van der Waals surface area contributed by atoms with E-state index in [1.807, 2.05) is 0 Å². The van der Waals surface area contributed by atoms with Crippen LogP contribution in [0.25, 0.3) is 0 Å². The second-order valence-corrected chi connectivity index (χ2v) is 5.68. The summed E-state index contributed by atoms with van der Waals surface area (Å²) in [5, 5.41) is 9.21. The maximum atomic E-state index is 12.3. The second kappa shape index (κ2) is 3.98. The molecule has 2 rings (SSSR count). The second-order valence-electron chi connectivity index (χ2n) is 5.68. The molecule has 0 aromatic rings. The van der Waals surface area contributed by atoms with Crippen LogP contribution >= 0.6 is 0 Å². The van der Waals surface area contributed by atoms with E-state index in [2.05, 4.69) is 0 Å². The highest BCUT2D eigenvalue weighted by atomic mass is 16.4. The van der Waals surface area contributed by atoms with Crippen LogP contribution in [0.15, 0.2) is 0 Å². The first-order valence-electron chi connectivity index (χ1n) is 6.16. The van der Waals surface area contributed by atoms with E-state index in [9.17, 15) is 14.7 Å². The van der Waals surface area contributed by atoms with Crippen LogP contribution < -0.4 is 5.73 Å². The number of aliphatic carboxylic acids is 1. The Bertz CT molecular complexity index is 352. The van der Waals surface area contributed by atoms with Gasteiger partial charge in [-0.15, -0.1) is 0 Å². The Hall–Kier alpha value is -1.10. The van der Waals surface area contributed by atoms with Crippen molar-refractivity contribution >= 4 is 11.9 Å². The molecule has 0 radical (unpaired) electrons. The molecule has 1 heterocycles. The van der Waals surface area contributed by atoms with Gasteiger partial charge in [-0.1, -0.05) is 0 Å². The van der Waals surface area contributed by atoms with Crippen molar-refractivity contribution in [3.63, 3.8) is 0 Å². The Kier molecular flexibility index (Phi) is 2.89. The third kappa shape index (κ3) is 2.04. The number of hydrogen-bond acceptors (Lipinski definition) is 3. The van der Waals surface area contributed by atoms with Crippen LogP contribution in [0.5, 0.6) is 0 Å². The van der Waals surface area contributed by atoms with Crippen molar-refractivity contribution in [1.29, 1.82) is 0 Å². The van der Waals surface area contributed by atoms with Gasteiger partial charge in [-0.3, -0.25) is 9.59 Å². The molecule has 2 aliphatic rings. The van der Waals surface area contributed by atoms with Crippen LogP contribution in [0.2, 0.25) is 0 Å². The molecular weight excluding hydrogens is 220 g/mol. The number of hydrogen-bond donors (Lipinski definition) is 2. The smallest absolute Gasteiger partial charge is 0.311 e. The zero-order chi connectivity index (χ0) is 12.7. The summed E-state index contributed by atoms with van der Waals surface area (Å²) >= 11 is 0. The summed E-state index contributed by atoms with van der Waals surface area (Å²) < 4.78 is 0. The van der Waals surface area contributed by atoms with Crippen molar-refractivity contribution in [3.8, 4) is 0 Å². The third-order valence-electron chi connectivity index (χ3n) is 4.20. The number of rotatable bonds is 3. The third-order valence-corrected chi connectivity index (χ3v) is 4.20. The number of nitrogens with zero attached hydrogens (tertiary/aromatic N) is 1. The van der Waals surface area contributed by atoms with Crippen molar-refractivity contribution in [1.82, 2.24) is 4.90 Å². The van der Waals surface area contributed by atoms with Gasteiger partial charge in [0.15, 0.2) is 0 Å². The summed E-state index contributed by atoms with van der Waals surface area (Å²) in [7, 11) is 0. The lowest BCUT2D eigenvalue weighted by Gasteiger charge is -2.39. The van der Waals surface area contributed by atoms with Gasteiger partial charge in [0.05, 0.1) is 10.8 Å². The number of amides is 1. The lowest BCUT2D eigenvalue weighted by molar-refractivity contribution is -0.154. The molecule has 0 spiro atoms. The fourth-order valence-corrected chi connectivity index (χ4v) is 2.58. The number of nitrogens with two attached hydrogens (primary N) is 1. The lowest BCUT2D eigenvalue weighted by Crippen LogP contribution is -2.51. The fourth-order valence-electron chi connectivity index (χ4n) is 2.58. The SMILES string of the molecule is CC1(C(=O)O)CCCN(C(=O)C2(CN)CC2)C1. The standard InChI is InChI=1S/C12H20N2O3/c1-11(10(16)17)3-2-6-14(8-11)9(15)12(7-13)4-5-12/h2-8,13H2,1H3,(H,16,17). The molecule has 2 fully saturated rings. The van der Waals surface area contributed by atoms with Gasteiger partial charge in [0, 0.05) is 19.6 Å².